The minimum absolute atomic E-state index is 0.0168. The second kappa shape index (κ2) is 5.67. The highest BCUT2D eigenvalue weighted by Gasteiger charge is 2.44. The van der Waals surface area contributed by atoms with Crippen molar-refractivity contribution in [3.63, 3.8) is 0 Å². The van der Waals surface area contributed by atoms with E-state index in [4.69, 9.17) is 9.47 Å². The summed E-state index contributed by atoms with van der Waals surface area (Å²) in [7, 11) is 1.43. The van der Waals surface area contributed by atoms with Crippen LogP contribution in [0.1, 0.15) is 41.5 Å². The Balaban J connectivity index is 4.94. The molecule has 0 rings (SSSR count). The summed E-state index contributed by atoms with van der Waals surface area (Å²) in [5, 5.41) is 0. The van der Waals surface area contributed by atoms with Crippen molar-refractivity contribution >= 4 is 5.97 Å². The minimum atomic E-state index is -0.225. The van der Waals surface area contributed by atoms with Gasteiger partial charge in [-0.05, 0) is 17.8 Å². The van der Waals surface area contributed by atoms with E-state index in [0.29, 0.717) is 13.2 Å². The van der Waals surface area contributed by atoms with Crippen molar-refractivity contribution in [1.82, 2.24) is 0 Å². The van der Waals surface area contributed by atoms with E-state index < -0.39 is 0 Å². The molecule has 0 N–H and O–H groups in total. The molecule has 0 fully saturated rings. The summed E-state index contributed by atoms with van der Waals surface area (Å²) in [6.07, 6.45) is 0. The summed E-state index contributed by atoms with van der Waals surface area (Å²) >= 11 is 0. The van der Waals surface area contributed by atoms with Gasteiger partial charge in [-0.2, -0.15) is 0 Å². The van der Waals surface area contributed by atoms with Crippen molar-refractivity contribution in [1.29, 1.82) is 0 Å². The van der Waals surface area contributed by atoms with Gasteiger partial charge in [-0.15, -0.1) is 0 Å². The summed E-state index contributed by atoms with van der Waals surface area (Å²) < 4.78 is 10.3. The van der Waals surface area contributed by atoms with Gasteiger partial charge in [0.15, 0.2) is 0 Å². The maximum absolute atomic E-state index is 11.8. The highest BCUT2D eigenvalue weighted by Crippen LogP contribution is 2.44. The van der Waals surface area contributed by atoms with E-state index in [1.165, 1.54) is 7.11 Å². The third kappa shape index (κ3) is 3.48. The molecule has 0 saturated heterocycles. The van der Waals surface area contributed by atoms with E-state index >= 15 is 0 Å². The lowest BCUT2D eigenvalue weighted by Gasteiger charge is -2.43. The zero-order valence-corrected chi connectivity index (χ0v) is 11.7. The van der Waals surface area contributed by atoms with Crippen LogP contribution in [0.5, 0.6) is 0 Å². The van der Waals surface area contributed by atoms with Crippen molar-refractivity contribution < 1.29 is 14.3 Å². The molecule has 3 nitrogen and oxygen atoms in total. The molecule has 0 bridgehead atoms. The highest BCUT2D eigenvalue weighted by molar-refractivity contribution is 5.73. The molecule has 0 aromatic rings. The van der Waals surface area contributed by atoms with E-state index in [0.717, 1.165) is 0 Å². The molecular formula is C13H26O3. The summed E-state index contributed by atoms with van der Waals surface area (Å²) in [4.78, 5) is 11.8. The number of ether oxygens (including phenoxy) is 2. The topological polar surface area (TPSA) is 35.5 Å². The Morgan fingerprint density at radius 2 is 1.69 bits per heavy atom. The lowest BCUT2D eigenvalue weighted by atomic mass is 9.62. The van der Waals surface area contributed by atoms with Crippen molar-refractivity contribution in [2.45, 2.75) is 41.5 Å². The predicted octanol–water partition coefficient (Wildman–Crippen LogP) is 2.88. The van der Waals surface area contributed by atoms with Gasteiger partial charge < -0.3 is 9.47 Å². The Bertz CT molecular complexity index is 226. The molecule has 0 saturated carbocycles. The molecule has 1 atom stereocenters. The second-order valence-corrected chi connectivity index (χ2v) is 5.71. The number of methoxy groups -OCH3 is 1. The number of carbonyl (C=O) groups is 1. The van der Waals surface area contributed by atoms with Crippen molar-refractivity contribution in [2.75, 3.05) is 20.3 Å². The monoisotopic (exact) mass is 230 g/mol. The molecule has 0 heterocycles. The van der Waals surface area contributed by atoms with Crippen LogP contribution in [0.2, 0.25) is 0 Å². The van der Waals surface area contributed by atoms with Crippen molar-refractivity contribution in [3.8, 4) is 0 Å². The van der Waals surface area contributed by atoms with Crippen LogP contribution < -0.4 is 0 Å². The van der Waals surface area contributed by atoms with Crippen LogP contribution in [-0.2, 0) is 14.3 Å². The van der Waals surface area contributed by atoms with E-state index in [9.17, 15) is 4.79 Å². The molecule has 0 amide bonds. The second-order valence-electron chi connectivity index (χ2n) is 5.71. The van der Waals surface area contributed by atoms with Crippen LogP contribution in [0.25, 0.3) is 0 Å². The van der Waals surface area contributed by atoms with Crippen molar-refractivity contribution in [2.24, 2.45) is 16.7 Å². The quantitative estimate of drug-likeness (QED) is 0.681. The maximum Gasteiger partial charge on any atom is 0.311 e. The van der Waals surface area contributed by atoms with Gasteiger partial charge in [0.25, 0.3) is 0 Å². The molecule has 0 aromatic carbocycles. The van der Waals surface area contributed by atoms with Crippen molar-refractivity contribution in [3.05, 3.63) is 0 Å². The van der Waals surface area contributed by atoms with Crippen LogP contribution in [0.3, 0.4) is 0 Å². The largest absolute Gasteiger partial charge is 0.469 e. The summed E-state index contributed by atoms with van der Waals surface area (Å²) in [5.74, 6) is -0.411. The molecule has 16 heavy (non-hydrogen) atoms. The Hall–Kier alpha value is -0.570. The smallest absolute Gasteiger partial charge is 0.311 e. The first-order chi connectivity index (χ1) is 7.18. The molecule has 0 radical (unpaired) electrons. The zero-order valence-electron chi connectivity index (χ0n) is 11.7. The van der Waals surface area contributed by atoms with Gasteiger partial charge in [-0.25, -0.2) is 0 Å². The fraction of sp³-hybridized carbons (Fsp3) is 0.923. The van der Waals surface area contributed by atoms with E-state index in [1.54, 1.807) is 0 Å². The first-order valence-electron chi connectivity index (χ1n) is 5.84. The first kappa shape index (κ1) is 15.4. The summed E-state index contributed by atoms with van der Waals surface area (Å²) in [6, 6.07) is 0. The maximum atomic E-state index is 11.8. The number of esters is 1. The van der Waals surface area contributed by atoms with E-state index in [1.807, 2.05) is 6.92 Å². The van der Waals surface area contributed by atoms with Crippen LogP contribution in [-0.4, -0.2) is 26.3 Å². The molecule has 0 aliphatic heterocycles. The Morgan fingerprint density at radius 3 is 2.00 bits per heavy atom. The molecule has 0 aromatic heterocycles. The Morgan fingerprint density at radius 1 is 1.19 bits per heavy atom. The third-order valence-corrected chi connectivity index (χ3v) is 3.78. The van der Waals surface area contributed by atoms with Gasteiger partial charge in [0.05, 0.1) is 19.6 Å². The Labute approximate surface area is 99.5 Å². The van der Waals surface area contributed by atoms with Gasteiger partial charge in [-0.1, -0.05) is 34.6 Å². The van der Waals surface area contributed by atoms with Gasteiger partial charge in [0.1, 0.15) is 0 Å². The average molecular weight is 230 g/mol. The molecule has 0 aliphatic rings. The SMILES string of the molecule is CCOCC(C(=O)OC)C(C)(C)C(C)(C)C. The Kier molecular flexibility index (Phi) is 5.47. The predicted molar refractivity (Wildman–Crippen MR) is 65.2 cm³/mol. The van der Waals surface area contributed by atoms with Crippen LogP contribution in [0, 0.1) is 16.7 Å². The molecular weight excluding hydrogens is 204 g/mol. The lowest BCUT2D eigenvalue weighted by molar-refractivity contribution is -0.157. The first-order valence-corrected chi connectivity index (χ1v) is 5.84. The third-order valence-electron chi connectivity index (χ3n) is 3.78. The molecule has 1 unspecified atom stereocenters. The fourth-order valence-corrected chi connectivity index (χ4v) is 1.47. The minimum Gasteiger partial charge on any atom is -0.469 e. The van der Waals surface area contributed by atoms with Gasteiger partial charge in [-0.3, -0.25) is 4.79 Å². The van der Waals surface area contributed by atoms with Crippen LogP contribution in [0.15, 0.2) is 0 Å². The standard InChI is InChI=1S/C13H26O3/c1-8-16-9-10(11(14)15-7)13(5,6)12(2,3)4/h10H,8-9H2,1-7H3. The zero-order chi connectivity index (χ0) is 13.0. The average Bonchev–Trinajstić information content (AvgIpc) is 2.15. The number of hydrogen-bond donors (Lipinski definition) is 0. The number of rotatable bonds is 5. The normalized spacial score (nSPS) is 14.7. The van der Waals surface area contributed by atoms with Gasteiger partial charge >= 0.3 is 5.97 Å². The lowest BCUT2D eigenvalue weighted by Crippen LogP contribution is -2.44. The molecule has 96 valence electrons. The van der Waals surface area contributed by atoms with E-state index in [2.05, 4.69) is 34.6 Å². The molecule has 3 heteroatoms. The van der Waals surface area contributed by atoms with Crippen LogP contribution in [0.4, 0.5) is 0 Å². The van der Waals surface area contributed by atoms with Crippen LogP contribution >= 0.6 is 0 Å². The van der Waals surface area contributed by atoms with Gasteiger partial charge in [0, 0.05) is 6.61 Å². The van der Waals surface area contributed by atoms with E-state index in [-0.39, 0.29) is 22.7 Å². The summed E-state index contributed by atoms with van der Waals surface area (Å²) in [6.45, 7) is 13.6. The fourth-order valence-electron chi connectivity index (χ4n) is 1.47. The molecule has 0 aliphatic carbocycles. The summed E-state index contributed by atoms with van der Waals surface area (Å²) in [5.41, 5.74) is -0.155. The number of carbonyl (C=O) groups excluding carboxylic acids is 1. The highest BCUT2D eigenvalue weighted by atomic mass is 16.5. The van der Waals surface area contributed by atoms with Gasteiger partial charge in [0.2, 0.25) is 0 Å². The molecule has 0 spiro atoms. The number of hydrogen-bond acceptors (Lipinski definition) is 3.